The molecule has 0 atom stereocenters. The lowest BCUT2D eigenvalue weighted by molar-refractivity contribution is 0.309. The van der Waals surface area contributed by atoms with Gasteiger partial charge in [0.25, 0.3) is 5.56 Å². The topological polar surface area (TPSA) is 110 Å². The molecule has 5 rings (SSSR count). The summed E-state index contributed by atoms with van der Waals surface area (Å²) < 4.78 is 5.22. The molecule has 2 aliphatic carbocycles. The second-order valence-corrected chi connectivity index (χ2v) is 8.33. The number of hydrogen-bond acceptors (Lipinski definition) is 7. The Kier molecular flexibility index (Phi) is 5.36. The van der Waals surface area contributed by atoms with E-state index in [0.29, 0.717) is 29.0 Å². The molecule has 31 heavy (non-hydrogen) atoms. The number of rotatable bonds is 5. The van der Waals surface area contributed by atoms with Gasteiger partial charge in [-0.3, -0.25) is 14.8 Å². The highest BCUT2D eigenvalue weighted by molar-refractivity contribution is 6.00. The highest BCUT2D eigenvalue weighted by Gasteiger charge is 2.19. The first-order valence-corrected chi connectivity index (χ1v) is 10.9. The number of oxime groups is 1. The number of pyridine rings is 1. The predicted octanol–water partition coefficient (Wildman–Crippen LogP) is 3.51. The number of nitrogens with one attached hydrogen (secondary N) is 1. The molecule has 3 aromatic heterocycles. The fourth-order valence-electron chi connectivity index (χ4n) is 4.68. The van der Waals surface area contributed by atoms with Crippen molar-refractivity contribution in [2.45, 2.75) is 57.8 Å². The molecule has 0 saturated heterocycles. The minimum absolute atomic E-state index is 0.0185. The third-order valence-corrected chi connectivity index (χ3v) is 6.24. The maximum absolute atomic E-state index is 12.8. The summed E-state index contributed by atoms with van der Waals surface area (Å²) in [4.78, 5) is 41.5. The fourth-order valence-corrected chi connectivity index (χ4v) is 4.68. The van der Waals surface area contributed by atoms with E-state index in [0.717, 1.165) is 36.9 Å². The van der Waals surface area contributed by atoms with Crippen LogP contribution in [0.3, 0.4) is 0 Å². The number of fused-ring (bicyclic) bond motifs is 2. The zero-order valence-corrected chi connectivity index (χ0v) is 17.2. The Morgan fingerprint density at radius 3 is 2.94 bits per heavy atom. The van der Waals surface area contributed by atoms with Crippen LogP contribution in [0.2, 0.25) is 0 Å². The first-order chi connectivity index (χ1) is 15.2. The third-order valence-electron chi connectivity index (χ3n) is 6.24. The van der Waals surface area contributed by atoms with Crippen molar-refractivity contribution < 1.29 is 9.25 Å². The van der Waals surface area contributed by atoms with E-state index in [4.69, 9.17) is 9.25 Å². The van der Waals surface area contributed by atoms with Gasteiger partial charge in [-0.05, 0) is 55.2 Å². The summed E-state index contributed by atoms with van der Waals surface area (Å²) in [5, 5.41) is 4.49. The van der Waals surface area contributed by atoms with Crippen molar-refractivity contribution in [3.63, 3.8) is 0 Å². The molecular formula is C23H24N4O4. The van der Waals surface area contributed by atoms with E-state index in [-0.39, 0.29) is 11.7 Å². The highest BCUT2D eigenvalue weighted by Crippen LogP contribution is 2.29. The SMILES string of the molecule is O=c1cc(CCC2CCCC2)c2c(=O)[nH]c(ON=C3CCCc4cccnc43)nc2o1. The van der Waals surface area contributed by atoms with Crippen LogP contribution in [0.5, 0.6) is 6.01 Å². The lowest BCUT2D eigenvalue weighted by atomic mass is 9.95. The lowest BCUT2D eigenvalue weighted by Gasteiger charge is -2.15. The second kappa shape index (κ2) is 8.45. The molecule has 1 saturated carbocycles. The Morgan fingerprint density at radius 2 is 2.06 bits per heavy atom. The summed E-state index contributed by atoms with van der Waals surface area (Å²) in [5.41, 5.74) is 2.37. The number of H-pyrrole nitrogens is 1. The van der Waals surface area contributed by atoms with Crippen LogP contribution in [-0.4, -0.2) is 20.7 Å². The minimum Gasteiger partial charge on any atom is -0.403 e. The third kappa shape index (κ3) is 4.15. The summed E-state index contributed by atoms with van der Waals surface area (Å²) in [6.45, 7) is 0. The number of nitrogens with zero attached hydrogens (tertiary/aromatic N) is 3. The zero-order chi connectivity index (χ0) is 21.2. The largest absolute Gasteiger partial charge is 0.403 e. The quantitative estimate of drug-likeness (QED) is 0.633. The molecule has 0 aromatic carbocycles. The standard InChI is InChI=1S/C23H24N4O4/c28-18-13-16(11-10-14-5-1-2-6-14)19-21(29)25-23(26-22(19)30-18)31-27-17-9-3-7-15-8-4-12-24-20(15)17/h4,8,12-14H,1-3,5-7,9-11H2,(H,25,26,29). The Hall–Kier alpha value is -3.29. The normalized spacial score (nSPS) is 17.9. The van der Waals surface area contributed by atoms with E-state index >= 15 is 0 Å². The molecule has 0 unspecified atom stereocenters. The van der Waals surface area contributed by atoms with Crippen molar-refractivity contribution >= 4 is 16.8 Å². The molecule has 8 heteroatoms. The van der Waals surface area contributed by atoms with Crippen LogP contribution in [0, 0.1) is 5.92 Å². The first-order valence-electron chi connectivity index (χ1n) is 10.9. The van der Waals surface area contributed by atoms with E-state index in [1.165, 1.54) is 31.7 Å². The first kappa shape index (κ1) is 19.7. The molecular weight excluding hydrogens is 396 g/mol. The van der Waals surface area contributed by atoms with Crippen molar-refractivity contribution in [2.24, 2.45) is 11.1 Å². The minimum atomic E-state index is -0.519. The van der Waals surface area contributed by atoms with Crippen molar-refractivity contribution in [3.05, 3.63) is 62.0 Å². The lowest BCUT2D eigenvalue weighted by Crippen LogP contribution is -2.17. The Bertz CT molecular complexity index is 1250. The maximum Gasteiger partial charge on any atom is 0.337 e. The van der Waals surface area contributed by atoms with Crippen LogP contribution in [0.25, 0.3) is 11.1 Å². The molecule has 8 nitrogen and oxygen atoms in total. The van der Waals surface area contributed by atoms with Gasteiger partial charge in [0.2, 0.25) is 5.71 Å². The van der Waals surface area contributed by atoms with Gasteiger partial charge < -0.3 is 9.25 Å². The van der Waals surface area contributed by atoms with Gasteiger partial charge in [-0.25, -0.2) is 4.79 Å². The molecule has 3 aromatic rings. The van der Waals surface area contributed by atoms with Gasteiger partial charge in [0.05, 0.1) is 5.69 Å². The van der Waals surface area contributed by atoms with Gasteiger partial charge in [-0.2, -0.15) is 4.98 Å². The van der Waals surface area contributed by atoms with E-state index in [1.54, 1.807) is 6.20 Å². The van der Waals surface area contributed by atoms with E-state index in [9.17, 15) is 9.59 Å². The fraction of sp³-hybridized carbons (Fsp3) is 0.435. The van der Waals surface area contributed by atoms with E-state index in [2.05, 4.69) is 20.1 Å². The van der Waals surface area contributed by atoms with E-state index < -0.39 is 11.2 Å². The van der Waals surface area contributed by atoms with Crippen LogP contribution in [-0.2, 0) is 12.8 Å². The number of aromatic amines is 1. The van der Waals surface area contributed by atoms with Gasteiger partial charge >= 0.3 is 11.6 Å². The summed E-state index contributed by atoms with van der Waals surface area (Å²) >= 11 is 0. The molecule has 3 heterocycles. The molecule has 1 N–H and O–H groups in total. The van der Waals surface area contributed by atoms with Crippen LogP contribution in [0.1, 0.15) is 61.8 Å². The van der Waals surface area contributed by atoms with Gasteiger partial charge in [-0.1, -0.05) is 36.9 Å². The Morgan fingerprint density at radius 1 is 1.19 bits per heavy atom. The molecule has 0 bridgehead atoms. The zero-order valence-electron chi connectivity index (χ0n) is 17.2. The summed E-state index contributed by atoms with van der Waals surface area (Å²) in [7, 11) is 0. The van der Waals surface area contributed by atoms with Crippen molar-refractivity contribution in [1.29, 1.82) is 0 Å². The molecule has 0 aliphatic heterocycles. The predicted molar refractivity (Wildman–Crippen MR) is 116 cm³/mol. The van der Waals surface area contributed by atoms with Crippen LogP contribution < -0.4 is 16.0 Å². The van der Waals surface area contributed by atoms with Gasteiger partial charge in [0, 0.05) is 12.3 Å². The number of hydrogen-bond donors (Lipinski definition) is 1. The Balaban J connectivity index is 1.43. The molecule has 1 fully saturated rings. The Labute approximate surface area is 178 Å². The van der Waals surface area contributed by atoms with Crippen LogP contribution >= 0.6 is 0 Å². The highest BCUT2D eigenvalue weighted by atomic mass is 16.6. The monoisotopic (exact) mass is 420 g/mol. The summed E-state index contributed by atoms with van der Waals surface area (Å²) in [6, 6.07) is 5.22. The molecule has 0 amide bonds. The van der Waals surface area contributed by atoms with E-state index in [1.807, 2.05) is 12.1 Å². The smallest absolute Gasteiger partial charge is 0.337 e. The van der Waals surface area contributed by atoms with Crippen molar-refractivity contribution in [1.82, 2.24) is 15.0 Å². The maximum atomic E-state index is 12.8. The molecule has 160 valence electrons. The van der Waals surface area contributed by atoms with Crippen molar-refractivity contribution in [3.8, 4) is 6.01 Å². The average Bonchev–Trinajstić information content (AvgIpc) is 3.29. The molecule has 2 aliphatic rings. The number of aromatic nitrogens is 3. The van der Waals surface area contributed by atoms with Crippen LogP contribution in [0.4, 0.5) is 0 Å². The summed E-state index contributed by atoms with van der Waals surface area (Å²) in [5.74, 6) is 0.653. The van der Waals surface area contributed by atoms with Crippen molar-refractivity contribution in [2.75, 3.05) is 0 Å². The van der Waals surface area contributed by atoms with Gasteiger partial charge in [0.1, 0.15) is 11.1 Å². The van der Waals surface area contributed by atoms with Crippen LogP contribution in [0.15, 0.2) is 43.6 Å². The van der Waals surface area contributed by atoms with Gasteiger partial charge in [0.15, 0.2) is 0 Å². The molecule has 0 spiro atoms. The summed E-state index contributed by atoms with van der Waals surface area (Å²) in [6.07, 6.45) is 10.9. The average molecular weight is 420 g/mol. The second-order valence-electron chi connectivity index (χ2n) is 8.33. The molecule has 0 radical (unpaired) electrons. The number of aryl methyl sites for hydroxylation is 2. The van der Waals surface area contributed by atoms with Gasteiger partial charge in [-0.15, -0.1) is 0 Å².